The number of hydrogen-bond donors (Lipinski definition) is 1. The first-order valence-corrected chi connectivity index (χ1v) is 8.71. The van der Waals surface area contributed by atoms with E-state index in [9.17, 15) is 4.79 Å². The molecule has 0 unspecified atom stereocenters. The maximum Gasteiger partial charge on any atom is 0.269 e. The number of nitrogens with zero attached hydrogens (tertiary/aromatic N) is 2. The summed E-state index contributed by atoms with van der Waals surface area (Å²) >= 11 is 0. The zero-order valence-corrected chi connectivity index (χ0v) is 13.7. The van der Waals surface area contributed by atoms with Crippen LogP contribution in [0.2, 0.25) is 0 Å². The van der Waals surface area contributed by atoms with Crippen molar-refractivity contribution in [2.45, 2.75) is 37.5 Å². The monoisotopic (exact) mass is 329 g/mol. The minimum atomic E-state index is -0.164. The van der Waals surface area contributed by atoms with E-state index in [1.165, 1.54) is 12.8 Å². The third-order valence-electron chi connectivity index (χ3n) is 5.05. The SMILES string of the molecule is O=C(NC[C@@H]1CN2CCC[C@H]2CO1)C1=NO[C@H](c2ccccc2)C1. The fourth-order valence-corrected chi connectivity index (χ4v) is 3.68. The van der Waals surface area contributed by atoms with E-state index < -0.39 is 0 Å². The van der Waals surface area contributed by atoms with Crippen molar-refractivity contribution >= 4 is 11.6 Å². The average Bonchev–Trinajstić information content (AvgIpc) is 3.29. The van der Waals surface area contributed by atoms with Crippen LogP contribution >= 0.6 is 0 Å². The van der Waals surface area contributed by atoms with Crippen LogP contribution in [0.25, 0.3) is 0 Å². The molecule has 1 amide bonds. The molecule has 2 saturated heterocycles. The summed E-state index contributed by atoms with van der Waals surface area (Å²) in [6.07, 6.45) is 2.89. The van der Waals surface area contributed by atoms with Crippen LogP contribution in [0.1, 0.15) is 30.9 Å². The van der Waals surface area contributed by atoms with Crippen molar-refractivity contribution < 1.29 is 14.4 Å². The van der Waals surface area contributed by atoms with Crippen molar-refractivity contribution in [3.05, 3.63) is 35.9 Å². The van der Waals surface area contributed by atoms with Gasteiger partial charge >= 0.3 is 0 Å². The predicted octanol–water partition coefficient (Wildman–Crippen LogP) is 1.48. The number of carbonyl (C=O) groups excluding carboxylic acids is 1. The Labute approximate surface area is 141 Å². The van der Waals surface area contributed by atoms with E-state index in [0.717, 1.165) is 25.3 Å². The number of hydrogen-bond acceptors (Lipinski definition) is 5. The molecule has 0 radical (unpaired) electrons. The molecule has 1 N–H and O–H groups in total. The van der Waals surface area contributed by atoms with Crippen LogP contribution in [0.3, 0.4) is 0 Å². The van der Waals surface area contributed by atoms with Gasteiger partial charge < -0.3 is 14.9 Å². The molecule has 0 aromatic heterocycles. The lowest BCUT2D eigenvalue weighted by atomic mass is 10.0. The van der Waals surface area contributed by atoms with Gasteiger partial charge in [-0.15, -0.1) is 0 Å². The van der Waals surface area contributed by atoms with E-state index in [4.69, 9.17) is 9.57 Å². The topological polar surface area (TPSA) is 63.2 Å². The number of morpholine rings is 1. The number of nitrogens with one attached hydrogen (secondary N) is 1. The summed E-state index contributed by atoms with van der Waals surface area (Å²) in [6.45, 7) is 3.36. The highest BCUT2D eigenvalue weighted by Crippen LogP contribution is 2.27. The van der Waals surface area contributed by atoms with Gasteiger partial charge in [0.05, 0.1) is 12.7 Å². The summed E-state index contributed by atoms with van der Waals surface area (Å²) in [7, 11) is 0. The first-order chi connectivity index (χ1) is 11.8. The Kier molecular flexibility index (Phi) is 4.49. The summed E-state index contributed by atoms with van der Waals surface area (Å²) in [4.78, 5) is 20.2. The van der Waals surface area contributed by atoms with E-state index in [1.54, 1.807) is 0 Å². The number of benzene rings is 1. The van der Waals surface area contributed by atoms with Gasteiger partial charge in [0.15, 0.2) is 6.10 Å². The summed E-state index contributed by atoms with van der Waals surface area (Å²) in [5.41, 5.74) is 1.50. The van der Waals surface area contributed by atoms with Gasteiger partial charge in [-0.05, 0) is 24.9 Å². The van der Waals surface area contributed by atoms with Gasteiger partial charge in [0.25, 0.3) is 5.91 Å². The van der Waals surface area contributed by atoms with Crippen LogP contribution in [0.15, 0.2) is 35.5 Å². The zero-order chi connectivity index (χ0) is 16.4. The minimum Gasteiger partial charge on any atom is -0.387 e. The first kappa shape index (κ1) is 15.6. The number of amides is 1. The van der Waals surface area contributed by atoms with Gasteiger partial charge in [0.2, 0.25) is 0 Å². The molecule has 0 aliphatic carbocycles. The molecule has 3 atom stereocenters. The Morgan fingerprint density at radius 2 is 2.21 bits per heavy atom. The molecule has 6 heteroatoms. The summed E-state index contributed by atoms with van der Waals surface area (Å²) in [6, 6.07) is 10.4. The Morgan fingerprint density at radius 3 is 3.08 bits per heavy atom. The quantitative estimate of drug-likeness (QED) is 0.909. The summed E-state index contributed by atoms with van der Waals surface area (Å²) in [5, 5.41) is 6.91. The number of fused-ring (bicyclic) bond motifs is 1. The highest BCUT2D eigenvalue weighted by Gasteiger charge is 2.33. The Hall–Kier alpha value is -1.92. The largest absolute Gasteiger partial charge is 0.387 e. The molecule has 2 fully saturated rings. The molecule has 128 valence electrons. The Bertz CT molecular complexity index is 619. The molecule has 1 aromatic carbocycles. The third kappa shape index (κ3) is 3.30. The summed E-state index contributed by atoms with van der Waals surface area (Å²) in [5.74, 6) is -0.152. The minimum absolute atomic E-state index is 0.0659. The predicted molar refractivity (Wildman–Crippen MR) is 89.7 cm³/mol. The summed E-state index contributed by atoms with van der Waals surface area (Å²) < 4.78 is 5.87. The fraction of sp³-hybridized carbons (Fsp3) is 0.556. The fourth-order valence-electron chi connectivity index (χ4n) is 3.68. The molecule has 3 heterocycles. The molecule has 1 aromatic rings. The normalized spacial score (nSPS) is 29.7. The van der Waals surface area contributed by atoms with Gasteiger partial charge in [-0.1, -0.05) is 35.5 Å². The zero-order valence-electron chi connectivity index (χ0n) is 13.7. The van der Waals surface area contributed by atoms with Gasteiger partial charge in [0, 0.05) is 25.6 Å². The van der Waals surface area contributed by atoms with Crippen LogP contribution in [0.4, 0.5) is 0 Å². The molecule has 6 nitrogen and oxygen atoms in total. The smallest absolute Gasteiger partial charge is 0.269 e. The van der Waals surface area contributed by atoms with Crippen molar-refractivity contribution in [2.75, 3.05) is 26.2 Å². The van der Waals surface area contributed by atoms with Crippen LogP contribution < -0.4 is 5.32 Å². The number of ether oxygens (including phenoxy) is 1. The lowest BCUT2D eigenvalue weighted by molar-refractivity contribution is -0.116. The molecule has 24 heavy (non-hydrogen) atoms. The Morgan fingerprint density at radius 1 is 1.33 bits per heavy atom. The van der Waals surface area contributed by atoms with E-state index >= 15 is 0 Å². The third-order valence-corrected chi connectivity index (χ3v) is 5.05. The standard InChI is InChI=1S/C18H23N3O3/c22-18(16-9-17(24-20-16)13-5-2-1-3-6-13)19-10-15-11-21-8-4-7-14(21)12-23-15/h1-3,5-6,14-15,17H,4,7-12H2,(H,19,22)/t14-,15+,17-/m0/s1. The van der Waals surface area contributed by atoms with E-state index in [0.29, 0.717) is 24.7 Å². The van der Waals surface area contributed by atoms with Crippen molar-refractivity contribution in [2.24, 2.45) is 5.16 Å². The van der Waals surface area contributed by atoms with Gasteiger partial charge in [-0.2, -0.15) is 0 Å². The van der Waals surface area contributed by atoms with Gasteiger partial charge in [-0.3, -0.25) is 9.69 Å². The highest BCUT2D eigenvalue weighted by atomic mass is 16.6. The van der Waals surface area contributed by atoms with E-state index in [1.807, 2.05) is 30.3 Å². The van der Waals surface area contributed by atoms with Crippen molar-refractivity contribution in [1.29, 1.82) is 0 Å². The molecule has 0 spiro atoms. The average molecular weight is 329 g/mol. The number of oxime groups is 1. The maximum absolute atomic E-state index is 12.3. The molecule has 4 rings (SSSR count). The van der Waals surface area contributed by atoms with Crippen molar-refractivity contribution in [3.63, 3.8) is 0 Å². The molecule has 3 aliphatic rings. The second-order valence-corrected chi connectivity index (χ2v) is 6.70. The number of rotatable bonds is 4. The molecule has 0 saturated carbocycles. The van der Waals surface area contributed by atoms with Crippen molar-refractivity contribution in [1.82, 2.24) is 10.2 Å². The molecule has 3 aliphatic heterocycles. The van der Waals surface area contributed by atoms with E-state index in [2.05, 4.69) is 15.4 Å². The second-order valence-electron chi connectivity index (χ2n) is 6.70. The van der Waals surface area contributed by atoms with Crippen LogP contribution in [0, 0.1) is 0 Å². The molecular formula is C18H23N3O3. The van der Waals surface area contributed by atoms with Gasteiger partial charge in [-0.25, -0.2) is 0 Å². The van der Waals surface area contributed by atoms with Crippen molar-refractivity contribution in [3.8, 4) is 0 Å². The lowest BCUT2D eigenvalue weighted by Crippen LogP contribution is -2.50. The second kappa shape index (κ2) is 6.91. The van der Waals surface area contributed by atoms with Crippen LogP contribution in [0.5, 0.6) is 0 Å². The van der Waals surface area contributed by atoms with Crippen LogP contribution in [-0.2, 0) is 14.4 Å². The maximum atomic E-state index is 12.3. The lowest BCUT2D eigenvalue weighted by Gasteiger charge is -2.35. The number of carbonyl (C=O) groups is 1. The highest BCUT2D eigenvalue weighted by molar-refractivity contribution is 6.39. The van der Waals surface area contributed by atoms with Crippen LogP contribution in [-0.4, -0.2) is 54.9 Å². The Balaban J connectivity index is 1.25. The van der Waals surface area contributed by atoms with E-state index in [-0.39, 0.29) is 18.1 Å². The molecule has 0 bridgehead atoms. The first-order valence-electron chi connectivity index (χ1n) is 8.71. The van der Waals surface area contributed by atoms with Gasteiger partial charge in [0.1, 0.15) is 5.71 Å². The molecular weight excluding hydrogens is 306 g/mol.